The predicted octanol–water partition coefficient (Wildman–Crippen LogP) is 4.18. The average molecular weight is 347 g/mol. The zero-order valence-electron chi connectivity index (χ0n) is 15.2. The molecule has 1 fully saturated rings. The normalized spacial score (nSPS) is 17.1. The van der Waals surface area contributed by atoms with Gasteiger partial charge in [0.05, 0.1) is 5.92 Å². The van der Waals surface area contributed by atoms with Crippen LogP contribution in [0.5, 0.6) is 0 Å². The van der Waals surface area contributed by atoms with Crippen LogP contribution < -0.4 is 4.90 Å². The van der Waals surface area contributed by atoms with Crippen LogP contribution in [0.15, 0.2) is 47.0 Å². The first-order valence-electron chi connectivity index (χ1n) is 8.80. The standard InChI is InChI=1S/C21H21N3O2/c1-13-6-4-8-16(10-13)20-22-21(26-23-20)17-11-19(25)24(12-17)18-9-5-7-14(2)15(18)3/h4-10,17H,11-12H2,1-3H3. The van der Waals surface area contributed by atoms with Crippen molar-refractivity contribution in [1.82, 2.24) is 10.1 Å². The number of carbonyl (C=O) groups excluding carboxylic acids is 1. The fourth-order valence-electron chi connectivity index (χ4n) is 3.44. The van der Waals surface area contributed by atoms with E-state index in [1.807, 2.05) is 55.1 Å². The van der Waals surface area contributed by atoms with Gasteiger partial charge < -0.3 is 9.42 Å². The van der Waals surface area contributed by atoms with E-state index >= 15 is 0 Å². The maximum absolute atomic E-state index is 12.6. The second-order valence-electron chi connectivity index (χ2n) is 6.95. The molecule has 5 nitrogen and oxygen atoms in total. The Morgan fingerprint density at radius 3 is 2.73 bits per heavy atom. The van der Waals surface area contributed by atoms with Crippen LogP contribution in [0.1, 0.15) is 34.9 Å². The first-order valence-corrected chi connectivity index (χ1v) is 8.80. The summed E-state index contributed by atoms with van der Waals surface area (Å²) in [5.74, 6) is 1.12. The van der Waals surface area contributed by atoms with E-state index in [0.717, 1.165) is 22.4 Å². The second-order valence-corrected chi connectivity index (χ2v) is 6.95. The third kappa shape index (κ3) is 2.90. The van der Waals surface area contributed by atoms with E-state index in [1.165, 1.54) is 5.56 Å². The molecule has 4 rings (SSSR count). The Bertz CT molecular complexity index is 977. The van der Waals surface area contributed by atoms with Gasteiger partial charge in [-0.3, -0.25) is 4.79 Å². The molecule has 0 saturated carbocycles. The summed E-state index contributed by atoms with van der Waals surface area (Å²) >= 11 is 0. The first-order chi connectivity index (χ1) is 12.5. The Morgan fingerprint density at radius 2 is 1.92 bits per heavy atom. The summed E-state index contributed by atoms with van der Waals surface area (Å²) in [5.41, 5.74) is 5.35. The predicted molar refractivity (Wildman–Crippen MR) is 100 cm³/mol. The molecule has 2 heterocycles. The van der Waals surface area contributed by atoms with Gasteiger partial charge in [-0.25, -0.2) is 0 Å². The van der Waals surface area contributed by atoms with Crippen LogP contribution in [-0.2, 0) is 4.79 Å². The van der Waals surface area contributed by atoms with Crippen molar-refractivity contribution in [1.29, 1.82) is 0 Å². The van der Waals surface area contributed by atoms with Crippen molar-refractivity contribution < 1.29 is 9.32 Å². The molecule has 1 saturated heterocycles. The van der Waals surface area contributed by atoms with Crippen molar-refractivity contribution in [3.8, 4) is 11.4 Å². The van der Waals surface area contributed by atoms with Gasteiger partial charge in [0, 0.05) is 24.2 Å². The number of hydrogen-bond donors (Lipinski definition) is 0. The highest BCUT2D eigenvalue weighted by Gasteiger charge is 2.35. The number of benzene rings is 2. The molecule has 3 aromatic rings. The summed E-state index contributed by atoms with van der Waals surface area (Å²) in [6.07, 6.45) is 0.392. The number of hydrogen-bond acceptors (Lipinski definition) is 4. The van der Waals surface area contributed by atoms with E-state index < -0.39 is 0 Å². The van der Waals surface area contributed by atoms with Crippen LogP contribution in [-0.4, -0.2) is 22.6 Å². The molecule has 0 N–H and O–H groups in total. The van der Waals surface area contributed by atoms with Crippen LogP contribution in [0.3, 0.4) is 0 Å². The molecule has 132 valence electrons. The van der Waals surface area contributed by atoms with Gasteiger partial charge in [-0.05, 0) is 44.0 Å². The van der Waals surface area contributed by atoms with Gasteiger partial charge in [0.1, 0.15) is 0 Å². The minimum absolute atomic E-state index is 0.0755. The quantitative estimate of drug-likeness (QED) is 0.713. The lowest BCUT2D eigenvalue weighted by Crippen LogP contribution is -2.25. The highest BCUT2D eigenvalue weighted by molar-refractivity contribution is 5.97. The Morgan fingerprint density at radius 1 is 1.12 bits per heavy atom. The van der Waals surface area contributed by atoms with Crippen molar-refractivity contribution in [2.75, 3.05) is 11.4 Å². The molecular formula is C21H21N3O2. The molecule has 26 heavy (non-hydrogen) atoms. The van der Waals surface area contributed by atoms with E-state index in [-0.39, 0.29) is 11.8 Å². The van der Waals surface area contributed by atoms with Gasteiger partial charge in [0.25, 0.3) is 0 Å². The van der Waals surface area contributed by atoms with E-state index in [9.17, 15) is 4.79 Å². The highest BCUT2D eigenvalue weighted by Crippen LogP contribution is 2.34. The van der Waals surface area contributed by atoms with Crippen LogP contribution >= 0.6 is 0 Å². The minimum atomic E-state index is -0.0755. The molecule has 1 amide bonds. The lowest BCUT2D eigenvalue weighted by molar-refractivity contribution is -0.117. The molecule has 5 heteroatoms. The van der Waals surface area contributed by atoms with Crippen LogP contribution in [0, 0.1) is 20.8 Å². The van der Waals surface area contributed by atoms with Crippen LogP contribution in [0.4, 0.5) is 5.69 Å². The summed E-state index contributed by atoms with van der Waals surface area (Å²) in [6, 6.07) is 14.0. The minimum Gasteiger partial charge on any atom is -0.339 e. The van der Waals surface area contributed by atoms with Gasteiger partial charge in [-0.2, -0.15) is 4.98 Å². The maximum Gasteiger partial charge on any atom is 0.232 e. The summed E-state index contributed by atoms with van der Waals surface area (Å²) in [7, 11) is 0. The van der Waals surface area contributed by atoms with Gasteiger partial charge in [0.15, 0.2) is 0 Å². The fourth-order valence-corrected chi connectivity index (χ4v) is 3.44. The summed E-state index contributed by atoms with van der Waals surface area (Å²) in [6.45, 7) is 6.71. The molecule has 0 aliphatic carbocycles. The lowest BCUT2D eigenvalue weighted by atomic mass is 10.1. The third-order valence-electron chi connectivity index (χ3n) is 5.06. The molecule has 0 radical (unpaired) electrons. The second kappa shape index (κ2) is 6.41. The molecule has 1 aromatic heterocycles. The molecule has 1 atom stereocenters. The van der Waals surface area contributed by atoms with Crippen molar-refractivity contribution in [2.24, 2.45) is 0 Å². The van der Waals surface area contributed by atoms with Crippen molar-refractivity contribution in [2.45, 2.75) is 33.1 Å². The lowest BCUT2D eigenvalue weighted by Gasteiger charge is -2.19. The van der Waals surface area contributed by atoms with Gasteiger partial charge in [-0.1, -0.05) is 41.1 Å². The molecule has 2 aromatic carbocycles. The summed E-state index contributed by atoms with van der Waals surface area (Å²) in [4.78, 5) is 19.0. The number of amides is 1. The van der Waals surface area contributed by atoms with E-state index in [0.29, 0.717) is 24.7 Å². The zero-order valence-corrected chi connectivity index (χ0v) is 15.2. The molecule has 0 spiro atoms. The fraction of sp³-hybridized carbons (Fsp3) is 0.286. The first kappa shape index (κ1) is 16.5. The smallest absolute Gasteiger partial charge is 0.232 e. The Kier molecular flexibility index (Phi) is 4.07. The molecule has 1 aliphatic heterocycles. The van der Waals surface area contributed by atoms with Gasteiger partial charge in [-0.15, -0.1) is 0 Å². The van der Waals surface area contributed by atoms with Gasteiger partial charge >= 0.3 is 0 Å². The van der Waals surface area contributed by atoms with Gasteiger partial charge in [0.2, 0.25) is 17.6 Å². The van der Waals surface area contributed by atoms with E-state index in [4.69, 9.17) is 4.52 Å². The van der Waals surface area contributed by atoms with Crippen LogP contribution in [0.25, 0.3) is 11.4 Å². The SMILES string of the molecule is Cc1cccc(-c2noc(C3CC(=O)N(c4cccc(C)c4C)C3)n2)c1. The number of aromatic nitrogens is 2. The number of carbonyl (C=O) groups is 1. The van der Waals surface area contributed by atoms with Crippen molar-refractivity contribution >= 4 is 11.6 Å². The summed E-state index contributed by atoms with van der Waals surface area (Å²) in [5, 5.41) is 4.11. The Hall–Kier alpha value is -2.95. The number of nitrogens with zero attached hydrogens (tertiary/aromatic N) is 3. The van der Waals surface area contributed by atoms with E-state index in [1.54, 1.807) is 0 Å². The summed E-state index contributed by atoms with van der Waals surface area (Å²) < 4.78 is 5.49. The largest absolute Gasteiger partial charge is 0.339 e. The third-order valence-corrected chi connectivity index (χ3v) is 5.06. The molecular weight excluding hydrogens is 326 g/mol. The average Bonchev–Trinajstić information content (AvgIpc) is 3.24. The molecule has 0 bridgehead atoms. The Balaban J connectivity index is 1.59. The van der Waals surface area contributed by atoms with Crippen molar-refractivity contribution in [3.63, 3.8) is 0 Å². The Labute approximate surface area is 152 Å². The topological polar surface area (TPSA) is 59.2 Å². The van der Waals surface area contributed by atoms with E-state index in [2.05, 4.69) is 23.1 Å². The van der Waals surface area contributed by atoms with Crippen LogP contribution in [0.2, 0.25) is 0 Å². The highest BCUT2D eigenvalue weighted by atomic mass is 16.5. The number of anilines is 1. The molecule has 1 aliphatic rings. The zero-order chi connectivity index (χ0) is 18.3. The molecule has 1 unspecified atom stereocenters. The number of aryl methyl sites for hydroxylation is 2. The maximum atomic E-state index is 12.6. The monoisotopic (exact) mass is 347 g/mol. The van der Waals surface area contributed by atoms with Crippen molar-refractivity contribution in [3.05, 3.63) is 65.0 Å². The number of rotatable bonds is 3.